The quantitative estimate of drug-likeness (QED) is 0.327. The molecule has 0 atom stereocenters. The Balaban J connectivity index is 1.90. The van der Waals surface area contributed by atoms with Crippen LogP contribution in [0.2, 0.25) is 10.0 Å². The summed E-state index contributed by atoms with van der Waals surface area (Å²) in [6.07, 6.45) is 1.64. The third-order valence-electron chi connectivity index (χ3n) is 3.59. The molecule has 0 radical (unpaired) electrons. The summed E-state index contributed by atoms with van der Waals surface area (Å²) in [5.74, 6) is -0.195. The number of imide groups is 1. The van der Waals surface area contributed by atoms with Crippen LogP contribution in [0.25, 0.3) is 6.08 Å². The van der Waals surface area contributed by atoms with E-state index in [1.165, 1.54) is 0 Å². The maximum absolute atomic E-state index is 12.7. The molecule has 1 saturated heterocycles. The van der Waals surface area contributed by atoms with E-state index >= 15 is 0 Å². The molecule has 1 fully saturated rings. The average molecular weight is 632 g/mol. The second-order valence-corrected chi connectivity index (χ2v) is 9.43. The van der Waals surface area contributed by atoms with Crippen molar-refractivity contribution in [2.24, 2.45) is 0 Å². The number of carbonyl (C=O) groups is 2. The van der Waals surface area contributed by atoms with Gasteiger partial charge in [0.25, 0.3) is 11.1 Å². The Bertz CT molecular complexity index is 922. The summed E-state index contributed by atoms with van der Waals surface area (Å²) in [6, 6.07) is 8.53. The molecule has 0 spiro atoms. The van der Waals surface area contributed by atoms with Crippen molar-refractivity contribution in [1.82, 2.24) is 4.90 Å². The van der Waals surface area contributed by atoms with Gasteiger partial charge in [0.05, 0.1) is 18.6 Å². The lowest BCUT2D eigenvalue weighted by molar-refractivity contribution is -0.123. The van der Waals surface area contributed by atoms with Crippen molar-refractivity contribution in [2.75, 3.05) is 0 Å². The van der Waals surface area contributed by atoms with Gasteiger partial charge >= 0.3 is 0 Å². The second-order valence-electron chi connectivity index (χ2n) is 5.30. The summed E-state index contributed by atoms with van der Waals surface area (Å²) < 4.78 is 1.34. The number of phenolic OH excluding ortho intramolecular Hbond substituents is 1. The Morgan fingerprint density at radius 2 is 1.69 bits per heavy atom. The Hall–Kier alpha value is -0.490. The summed E-state index contributed by atoms with van der Waals surface area (Å²) in [4.78, 5) is 26.4. The largest absolute Gasteiger partial charge is 0.506 e. The highest BCUT2D eigenvalue weighted by Gasteiger charge is 2.35. The van der Waals surface area contributed by atoms with E-state index in [9.17, 15) is 14.7 Å². The Kier molecular flexibility index (Phi) is 6.43. The molecule has 2 amide bonds. The van der Waals surface area contributed by atoms with Gasteiger partial charge < -0.3 is 5.11 Å². The van der Waals surface area contributed by atoms with Gasteiger partial charge in [-0.25, -0.2) is 0 Å². The molecule has 1 heterocycles. The van der Waals surface area contributed by atoms with Gasteiger partial charge in [-0.2, -0.15) is 0 Å². The van der Waals surface area contributed by atoms with Gasteiger partial charge in [0.2, 0.25) is 0 Å². The number of hydrogen-bond donors (Lipinski definition) is 1. The van der Waals surface area contributed by atoms with E-state index in [1.54, 1.807) is 36.4 Å². The first-order valence-electron chi connectivity index (χ1n) is 7.14. The van der Waals surface area contributed by atoms with E-state index in [2.05, 4.69) is 0 Å². The molecule has 1 N–H and O–H groups in total. The lowest BCUT2D eigenvalue weighted by Gasteiger charge is -2.14. The molecule has 0 aromatic heterocycles. The van der Waals surface area contributed by atoms with Crippen molar-refractivity contribution in [3.05, 3.63) is 63.5 Å². The molecular formula is C17H9Cl2I2NO3S. The number of aromatic hydroxyl groups is 1. The number of phenols is 1. The molecule has 3 rings (SSSR count). The first kappa shape index (κ1) is 20.2. The van der Waals surface area contributed by atoms with Crippen LogP contribution in [0.15, 0.2) is 35.2 Å². The van der Waals surface area contributed by atoms with Crippen LogP contribution in [-0.2, 0) is 11.3 Å². The number of thioether (sulfide) groups is 1. The van der Waals surface area contributed by atoms with Gasteiger partial charge in [-0.1, -0.05) is 29.3 Å². The average Bonchev–Trinajstić information content (AvgIpc) is 2.83. The van der Waals surface area contributed by atoms with Crippen molar-refractivity contribution in [1.29, 1.82) is 0 Å². The van der Waals surface area contributed by atoms with Gasteiger partial charge in [0, 0.05) is 15.6 Å². The van der Waals surface area contributed by atoms with Crippen molar-refractivity contribution in [3.8, 4) is 5.75 Å². The van der Waals surface area contributed by atoms with Crippen LogP contribution in [-0.4, -0.2) is 21.2 Å². The fourth-order valence-corrected chi connectivity index (χ4v) is 5.47. The summed E-state index contributed by atoms with van der Waals surface area (Å²) >= 11 is 17.2. The van der Waals surface area contributed by atoms with Gasteiger partial charge in [-0.3, -0.25) is 14.5 Å². The van der Waals surface area contributed by atoms with Crippen LogP contribution in [0.4, 0.5) is 4.79 Å². The van der Waals surface area contributed by atoms with E-state index in [1.807, 2.05) is 45.2 Å². The van der Waals surface area contributed by atoms with Crippen LogP contribution >= 0.6 is 80.1 Å². The molecule has 0 aliphatic carbocycles. The lowest BCUT2D eigenvalue weighted by atomic mass is 10.2. The molecule has 9 heteroatoms. The number of amides is 2. The molecule has 0 bridgehead atoms. The van der Waals surface area contributed by atoms with Crippen molar-refractivity contribution < 1.29 is 14.7 Å². The maximum Gasteiger partial charge on any atom is 0.293 e. The monoisotopic (exact) mass is 631 g/mol. The molecule has 26 heavy (non-hydrogen) atoms. The summed E-state index contributed by atoms with van der Waals surface area (Å²) in [6.45, 7) is 0.0190. The fourth-order valence-electron chi connectivity index (χ4n) is 2.30. The minimum atomic E-state index is -0.394. The number of rotatable bonds is 3. The van der Waals surface area contributed by atoms with Gasteiger partial charge in [0.1, 0.15) is 5.75 Å². The standard InChI is InChI=1S/C17H9Cl2I2NO3S/c18-10-2-1-3-11(19)9(10)7-22-16(24)14(26-17(22)25)6-8-4-12(20)15(23)13(21)5-8/h1-6,23H,7H2/b14-6+. The topological polar surface area (TPSA) is 57.6 Å². The summed E-state index contributed by atoms with van der Waals surface area (Å²) in [5, 5.41) is 10.3. The molecule has 2 aromatic rings. The molecular weight excluding hydrogens is 623 g/mol. The number of hydrogen-bond acceptors (Lipinski definition) is 4. The minimum absolute atomic E-state index is 0.0190. The first-order valence-corrected chi connectivity index (χ1v) is 10.9. The Morgan fingerprint density at radius 3 is 2.27 bits per heavy atom. The van der Waals surface area contributed by atoms with E-state index < -0.39 is 5.91 Å². The maximum atomic E-state index is 12.7. The summed E-state index contributed by atoms with van der Waals surface area (Å²) in [5.41, 5.74) is 1.27. The molecule has 1 aliphatic heterocycles. The van der Waals surface area contributed by atoms with Crippen molar-refractivity contribution in [2.45, 2.75) is 6.54 Å². The minimum Gasteiger partial charge on any atom is -0.506 e. The fraction of sp³-hybridized carbons (Fsp3) is 0.0588. The molecule has 0 saturated carbocycles. The zero-order chi connectivity index (χ0) is 19.0. The van der Waals surface area contributed by atoms with E-state index in [0.717, 1.165) is 22.2 Å². The van der Waals surface area contributed by atoms with Gasteiger partial charge in [-0.05, 0) is 92.8 Å². The van der Waals surface area contributed by atoms with Crippen LogP contribution in [0, 0.1) is 7.14 Å². The normalized spacial score (nSPS) is 16.0. The van der Waals surface area contributed by atoms with Gasteiger partial charge in [0.15, 0.2) is 0 Å². The van der Waals surface area contributed by atoms with Crippen LogP contribution < -0.4 is 0 Å². The molecule has 134 valence electrons. The SMILES string of the molecule is O=C1S/C(=C/c2cc(I)c(O)c(I)c2)C(=O)N1Cc1c(Cl)cccc1Cl. The lowest BCUT2D eigenvalue weighted by Crippen LogP contribution is -2.27. The molecule has 2 aromatic carbocycles. The molecule has 1 aliphatic rings. The number of carbonyl (C=O) groups excluding carboxylic acids is 2. The molecule has 0 unspecified atom stereocenters. The zero-order valence-corrected chi connectivity index (χ0v) is 19.4. The number of benzene rings is 2. The van der Waals surface area contributed by atoms with Gasteiger partial charge in [-0.15, -0.1) is 0 Å². The van der Waals surface area contributed by atoms with Crippen LogP contribution in [0.3, 0.4) is 0 Å². The van der Waals surface area contributed by atoms with E-state index in [-0.39, 0.29) is 17.5 Å². The highest BCUT2D eigenvalue weighted by atomic mass is 127. The highest BCUT2D eigenvalue weighted by Crippen LogP contribution is 2.36. The van der Waals surface area contributed by atoms with E-state index in [4.69, 9.17) is 23.2 Å². The number of nitrogens with zero attached hydrogens (tertiary/aromatic N) is 1. The predicted molar refractivity (Wildman–Crippen MR) is 122 cm³/mol. The third kappa shape index (κ3) is 4.16. The smallest absolute Gasteiger partial charge is 0.293 e. The number of halogens is 4. The predicted octanol–water partition coefficient (Wildman–Crippen LogP) is 6.14. The van der Waals surface area contributed by atoms with Crippen LogP contribution in [0.1, 0.15) is 11.1 Å². The van der Waals surface area contributed by atoms with Crippen molar-refractivity contribution in [3.63, 3.8) is 0 Å². The summed E-state index contributed by atoms with van der Waals surface area (Å²) in [7, 11) is 0. The molecule has 4 nitrogen and oxygen atoms in total. The van der Waals surface area contributed by atoms with Crippen LogP contribution in [0.5, 0.6) is 5.75 Å². The second kappa shape index (κ2) is 8.26. The van der Waals surface area contributed by atoms with E-state index in [0.29, 0.717) is 27.7 Å². The Morgan fingerprint density at radius 1 is 1.12 bits per heavy atom. The first-order chi connectivity index (χ1) is 12.3. The highest BCUT2D eigenvalue weighted by molar-refractivity contribution is 14.1. The third-order valence-corrected chi connectivity index (χ3v) is 6.85. The zero-order valence-electron chi connectivity index (χ0n) is 12.8. The Labute approximate surface area is 191 Å². The van der Waals surface area contributed by atoms with Crippen molar-refractivity contribution >= 4 is 97.4 Å².